The summed E-state index contributed by atoms with van der Waals surface area (Å²) in [5.41, 5.74) is 1.64. The van der Waals surface area contributed by atoms with Gasteiger partial charge in [0, 0.05) is 30.2 Å². The number of allylic oxidation sites excluding steroid dienone is 3. The zero-order valence-electron chi connectivity index (χ0n) is 14.8. The monoisotopic (exact) mass is 408 g/mol. The molecule has 0 amide bonds. The highest BCUT2D eigenvalue weighted by atomic mass is 32.2. The summed E-state index contributed by atoms with van der Waals surface area (Å²) in [7, 11) is -8.43. The highest BCUT2D eigenvalue weighted by Gasteiger charge is 2.40. The van der Waals surface area contributed by atoms with Crippen LogP contribution < -0.4 is 0 Å². The number of pyridine rings is 1. The van der Waals surface area contributed by atoms with Crippen LogP contribution in [0.1, 0.15) is 31.9 Å². The highest BCUT2D eigenvalue weighted by Crippen LogP contribution is 2.36. The minimum atomic E-state index is -4.48. The molecule has 0 aromatic carbocycles. The molecule has 0 radical (unpaired) electrons. The molecule has 1 aliphatic carbocycles. The highest BCUT2D eigenvalue weighted by molar-refractivity contribution is 7.91. The van der Waals surface area contributed by atoms with Crippen LogP contribution in [-0.4, -0.2) is 35.1 Å². The van der Waals surface area contributed by atoms with E-state index in [1.54, 1.807) is 25.3 Å². The van der Waals surface area contributed by atoms with Crippen molar-refractivity contribution in [3.05, 3.63) is 72.4 Å². The van der Waals surface area contributed by atoms with Crippen molar-refractivity contribution in [1.82, 2.24) is 8.96 Å². The lowest BCUT2D eigenvalue weighted by Gasteiger charge is -2.30. The van der Waals surface area contributed by atoms with E-state index in [0.717, 1.165) is 33.7 Å². The predicted octanol–water partition coefficient (Wildman–Crippen LogP) is 2.76. The van der Waals surface area contributed by atoms with E-state index in [0.29, 0.717) is 0 Å². The van der Waals surface area contributed by atoms with Crippen LogP contribution in [0.3, 0.4) is 0 Å². The molecule has 0 fully saturated rings. The van der Waals surface area contributed by atoms with Gasteiger partial charge in [0.1, 0.15) is 9.64 Å². The van der Waals surface area contributed by atoms with Gasteiger partial charge in [-0.1, -0.05) is 31.2 Å². The molecule has 2 aromatic heterocycles. The molecule has 2 heterocycles. The number of rotatable bonds is 5. The van der Waals surface area contributed by atoms with E-state index in [2.05, 4.69) is 4.98 Å². The van der Waals surface area contributed by atoms with Crippen LogP contribution in [0.4, 0.5) is 0 Å². The Hall–Kier alpha value is -2.23. The molecule has 0 aliphatic heterocycles. The standard InChI is InChI=1S/C18H20N2O5S2/c1-14(17-7-3-4-10-19-17)15-6-5-9-18(2,12-15)27(24,25)20-11-8-16(13-20)26(21,22)23/h3-8,10-14H,9H2,1-2H3,(H,21,22,23). The van der Waals surface area contributed by atoms with Crippen LogP contribution in [0, 0.1) is 0 Å². The summed E-state index contributed by atoms with van der Waals surface area (Å²) in [6.07, 6.45) is 9.32. The first-order valence-corrected chi connectivity index (χ1v) is 11.1. The van der Waals surface area contributed by atoms with Crippen molar-refractivity contribution in [3.8, 4) is 0 Å². The van der Waals surface area contributed by atoms with E-state index in [4.69, 9.17) is 4.55 Å². The molecular weight excluding hydrogens is 388 g/mol. The predicted molar refractivity (Wildman–Crippen MR) is 101 cm³/mol. The summed E-state index contributed by atoms with van der Waals surface area (Å²) in [6.45, 7) is 3.53. The van der Waals surface area contributed by atoms with Crippen LogP contribution in [0.25, 0.3) is 0 Å². The smallest absolute Gasteiger partial charge is 0.282 e. The van der Waals surface area contributed by atoms with Crippen LogP contribution in [0.5, 0.6) is 0 Å². The molecule has 7 nitrogen and oxygen atoms in total. The molecule has 0 saturated heterocycles. The Bertz CT molecular complexity index is 1120. The third-order valence-electron chi connectivity index (χ3n) is 4.74. The maximum absolute atomic E-state index is 13.1. The quantitative estimate of drug-likeness (QED) is 0.763. The summed E-state index contributed by atoms with van der Waals surface area (Å²) in [6, 6.07) is 6.62. The van der Waals surface area contributed by atoms with Gasteiger partial charge >= 0.3 is 0 Å². The van der Waals surface area contributed by atoms with Gasteiger partial charge in [0.05, 0.1) is 0 Å². The van der Waals surface area contributed by atoms with Gasteiger partial charge in [-0.25, -0.2) is 8.42 Å². The molecule has 2 unspecified atom stereocenters. The number of aromatic nitrogens is 2. The maximum atomic E-state index is 13.1. The van der Waals surface area contributed by atoms with E-state index in [1.807, 2.05) is 31.2 Å². The molecule has 27 heavy (non-hydrogen) atoms. The first-order valence-electron chi connectivity index (χ1n) is 8.25. The summed E-state index contributed by atoms with van der Waals surface area (Å²) in [5, 5.41) is 0. The van der Waals surface area contributed by atoms with Crippen molar-refractivity contribution in [1.29, 1.82) is 0 Å². The van der Waals surface area contributed by atoms with E-state index >= 15 is 0 Å². The minimum Gasteiger partial charge on any atom is -0.282 e. The average molecular weight is 409 g/mol. The van der Waals surface area contributed by atoms with Crippen LogP contribution >= 0.6 is 0 Å². The number of hydrogen-bond donors (Lipinski definition) is 1. The summed E-state index contributed by atoms with van der Waals surface area (Å²) in [5.74, 6) is -0.102. The first kappa shape index (κ1) is 19.5. The normalized spacial score (nSPS) is 21.7. The number of nitrogens with zero attached hydrogens (tertiary/aromatic N) is 2. The van der Waals surface area contributed by atoms with Gasteiger partial charge in [0.25, 0.3) is 10.1 Å². The molecule has 1 aliphatic rings. The molecule has 2 aromatic rings. The lowest BCUT2D eigenvalue weighted by molar-refractivity contribution is 0.483. The lowest BCUT2D eigenvalue weighted by Crippen LogP contribution is -2.38. The van der Waals surface area contributed by atoms with Gasteiger partial charge in [-0.3, -0.25) is 13.5 Å². The van der Waals surface area contributed by atoms with E-state index < -0.39 is 29.8 Å². The van der Waals surface area contributed by atoms with Crippen molar-refractivity contribution in [2.75, 3.05) is 0 Å². The van der Waals surface area contributed by atoms with E-state index in [1.165, 1.54) is 0 Å². The minimum absolute atomic E-state index is 0.102. The molecule has 0 bridgehead atoms. The second-order valence-electron chi connectivity index (χ2n) is 6.70. The van der Waals surface area contributed by atoms with Crippen molar-refractivity contribution in [2.45, 2.75) is 35.8 Å². The molecule has 1 N–H and O–H groups in total. The third kappa shape index (κ3) is 3.62. The lowest BCUT2D eigenvalue weighted by atomic mass is 9.88. The summed E-state index contributed by atoms with van der Waals surface area (Å²) in [4.78, 5) is 3.86. The molecule has 0 saturated carbocycles. The van der Waals surface area contributed by atoms with Gasteiger partial charge in [-0.15, -0.1) is 0 Å². The Morgan fingerprint density at radius 3 is 2.56 bits per heavy atom. The van der Waals surface area contributed by atoms with Crippen LogP contribution in [-0.2, 0) is 20.1 Å². The van der Waals surface area contributed by atoms with Gasteiger partial charge in [0.2, 0.25) is 10.0 Å². The maximum Gasteiger partial charge on any atom is 0.296 e. The average Bonchev–Trinajstić information content (AvgIpc) is 3.13. The third-order valence-corrected chi connectivity index (χ3v) is 7.82. The Kier molecular flexibility index (Phi) is 4.87. The molecule has 144 valence electrons. The second-order valence-corrected chi connectivity index (χ2v) is 10.4. The van der Waals surface area contributed by atoms with E-state index in [-0.39, 0.29) is 12.3 Å². The Balaban J connectivity index is 2.01. The zero-order chi connectivity index (χ0) is 19.9. The molecule has 0 spiro atoms. The molecule has 2 atom stereocenters. The topological polar surface area (TPSA) is 106 Å². The van der Waals surface area contributed by atoms with Gasteiger partial charge < -0.3 is 0 Å². The van der Waals surface area contributed by atoms with Crippen molar-refractivity contribution < 1.29 is 21.4 Å². The van der Waals surface area contributed by atoms with Crippen molar-refractivity contribution in [2.24, 2.45) is 0 Å². The fourth-order valence-electron chi connectivity index (χ4n) is 3.04. The van der Waals surface area contributed by atoms with Crippen molar-refractivity contribution >= 4 is 20.1 Å². The summed E-state index contributed by atoms with van der Waals surface area (Å²) < 4.78 is 57.5. The molecular formula is C18H20N2O5S2. The molecule has 3 rings (SSSR count). The fraction of sp³-hybridized carbons (Fsp3) is 0.278. The summed E-state index contributed by atoms with van der Waals surface area (Å²) >= 11 is 0. The number of hydrogen-bond acceptors (Lipinski definition) is 5. The van der Waals surface area contributed by atoms with E-state index in [9.17, 15) is 16.8 Å². The first-order chi connectivity index (χ1) is 12.5. The second kappa shape index (κ2) is 6.74. The Morgan fingerprint density at radius 2 is 1.96 bits per heavy atom. The van der Waals surface area contributed by atoms with Crippen molar-refractivity contribution in [3.63, 3.8) is 0 Å². The largest absolute Gasteiger partial charge is 0.296 e. The van der Waals surface area contributed by atoms with Gasteiger partial charge in [-0.05, 0) is 37.1 Å². The zero-order valence-corrected chi connectivity index (χ0v) is 16.5. The Labute approximate surface area is 158 Å². The molecule has 9 heteroatoms. The van der Waals surface area contributed by atoms with Crippen LogP contribution in [0.15, 0.2) is 71.6 Å². The Morgan fingerprint density at radius 1 is 1.22 bits per heavy atom. The SMILES string of the molecule is CC(C1=CC(C)(S(=O)(=O)n2ccc(S(=O)(=O)O)c2)CC=C1)c1ccccn1. The van der Waals surface area contributed by atoms with Gasteiger partial charge in [-0.2, -0.15) is 8.42 Å². The van der Waals surface area contributed by atoms with Crippen LogP contribution in [0.2, 0.25) is 0 Å². The fourth-order valence-corrected chi connectivity index (χ4v) is 5.14. The van der Waals surface area contributed by atoms with Gasteiger partial charge in [0.15, 0.2) is 0 Å².